The van der Waals surface area contributed by atoms with Crippen molar-refractivity contribution in [1.29, 1.82) is 0 Å². The molecule has 26 heavy (non-hydrogen) atoms. The van der Waals surface area contributed by atoms with E-state index >= 15 is 0 Å². The maximum Gasteiger partial charge on any atom is 0.225 e. The summed E-state index contributed by atoms with van der Waals surface area (Å²) >= 11 is 0. The molecule has 1 aromatic rings. The van der Waals surface area contributed by atoms with Gasteiger partial charge in [-0.1, -0.05) is 43.7 Å². The van der Waals surface area contributed by atoms with Crippen molar-refractivity contribution in [3.05, 3.63) is 35.4 Å². The molecule has 0 saturated carbocycles. The van der Waals surface area contributed by atoms with Crippen LogP contribution >= 0.6 is 12.4 Å². The van der Waals surface area contributed by atoms with Crippen LogP contribution in [0.2, 0.25) is 0 Å². The summed E-state index contributed by atoms with van der Waals surface area (Å²) in [6.45, 7) is 9.67. The summed E-state index contributed by atoms with van der Waals surface area (Å²) in [6.07, 6.45) is 1.10. The van der Waals surface area contributed by atoms with E-state index in [4.69, 9.17) is 5.73 Å². The Morgan fingerprint density at radius 3 is 2.50 bits per heavy atom. The first-order valence-electron chi connectivity index (χ1n) is 9.08. The molecule has 2 atom stereocenters. The fraction of sp³-hybridized carbons (Fsp3) is 0.600. The monoisotopic (exact) mass is 381 g/mol. The van der Waals surface area contributed by atoms with Crippen LogP contribution in [0.4, 0.5) is 0 Å². The van der Waals surface area contributed by atoms with Crippen LogP contribution in [0, 0.1) is 18.8 Å². The molecule has 0 radical (unpaired) electrons. The molecule has 3 N–H and O–H groups in total. The van der Waals surface area contributed by atoms with Gasteiger partial charge in [-0.05, 0) is 31.7 Å². The summed E-state index contributed by atoms with van der Waals surface area (Å²) in [7, 11) is 0. The minimum atomic E-state index is -0.418. The number of hydrogen-bond donors (Lipinski definition) is 2. The lowest BCUT2D eigenvalue weighted by atomic mass is 9.90. The van der Waals surface area contributed by atoms with E-state index in [9.17, 15) is 9.59 Å². The Kier molecular flexibility index (Phi) is 8.10. The molecule has 1 aliphatic heterocycles. The van der Waals surface area contributed by atoms with Crippen molar-refractivity contribution in [2.75, 3.05) is 13.1 Å². The molecule has 1 saturated heterocycles. The number of likely N-dealkylation sites (tertiary alicyclic amines) is 1. The fourth-order valence-corrected chi connectivity index (χ4v) is 3.50. The van der Waals surface area contributed by atoms with E-state index in [2.05, 4.69) is 19.2 Å². The maximum absolute atomic E-state index is 12.6. The molecule has 5 nitrogen and oxygen atoms in total. The molecule has 1 heterocycles. The number of carbonyl (C=O) groups is 2. The molecule has 0 aromatic heterocycles. The second-order valence-electron chi connectivity index (χ2n) is 8.01. The van der Waals surface area contributed by atoms with Crippen LogP contribution in [0.1, 0.15) is 44.7 Å². The topological polar surface area (TPSA) is 75.4 Å². The first-order chi connectivity index (χ1) is 11.7. The normalized spacial score (nSPS) is 19.2. The Bertz CT molecular complexity index is 618. The lowest BCUT2D eigenvalue weighted by Crippen LogP contribution is -2.54. The smallest absolute Gasteiger partial charge is 0.225 e. The molecule has 2 rings (SSSR count). The first-order valence-corrected chi connectivity index (χ1v) is 9.08. The fourth-order valence-electron chi connectivity index (χ4n) is 3.50. The van der Waals surface area contributed by atoms with Crippen molar-refractivity contribution in [2.45, 2.75) is 52.6 Å². The molecule has 146 valence electrons. The largest absolute Gasteiger partial charge is 0.349 e. The third kappa shape index (κ3) is 5.99. The van der Waals surface area contributed by atoms with Crippen LogP contribution in [0.25, 0.3) is 0 Å². The maximum atomic E-state index is 12.6. The van der Waals surface area contributed by atoms with E-state index in [0.29, 0.717) is 25.6 Å². The van der Waals surface area contributed by atoms with Crippen molar-refractivity contribution in [3.8, 4) is 0 Å². The Hall–Kier alpha value is -1.59. The van der Waals surface area contributed by atoms with E-state index in [-0.39, 0.29) is 36.6 Å². The van der Waals surface area contributed by atoms with E-state index in [1.807, 2.05) is 38.1 Å². The van der Waals surface area contributed by atoms with Crippen molar-refractivity contribution in [1.82, 2.24) is 10.2 Å². The van der Waals surface area contributed by atoms with Gasteiger partial charge in [-0.3, -0.25) is 9.59 Å². The van der Waals surface area contributed by atoms with Gasteiger partial charge < -0.3 is 16.0 Å². The third-order valence-electron chi connectivity index (χ3n) is 4.81. The molecule has 1 aliphatic rings. The van der Waals surface area contributed by atoms with Gasteiger partial charge in [0.2, 0.25) is 11.8 Å². The molecule has 0 aliphatic carbocycles. The molecule has 2 unspecified atom stereocenters. The van der Waals surface area contributed by atoms with Gasteiger partial charge in [0.15, 0.2) is 0 Å². The minimum Gasteiger partial charge on any atom is -0.349 e. The lowest BCUT2D eigenvalue weighted by molar-refractivity contribution is -0.129. The number of rotatable bonds is 7. The van der Waals surface area contributed by atoms with Crippen LogP contribution in [-0.2, 0) is 16.1 Å². The van der Waals surface area contributed by atoms with Gasteiger partial charge in [0, 0.05) is 31.6 Å². The highest BCUT2D eigenvalue weighted by Gasteiger charge is 2.37. The average Bonchev–Trinajstić information content (AvgIpc) is 2.90. The van der Waals surface area contributed by atoms with Crippen LogP contribution in [0.5, 0.6) is 0 Å². The van der Waals surface area contributed by atoms with E-state index in [1.165, 1.54) is 5.56 Å². The zero-order chi connectivity index (χ0) is 18.6. The van der Waals surface area contributed by atoms with Crippen LogP contribution < -0.4 is 11.1 Å². The predicted octanol–water partition coefficient (Wildman–Crippen LogP) is 2.65. The number of nitrogens with one attached hydrogen (secondary N) is 1. The highest BCUT2D eigenvalue weighted by atomic mass is 35.5. The SMILES string of the molecule is Cc1ccc(CN2CC(C(=O)NC(C)(CN)CC(C)C)CC2=O)cc1.Cl. The van der Waals surface area contributed by atoms with Gasteiger partial charge in [-0.15, -0.1) is 12.4 Å². The van der Waals surface area contributed by atoms with Gasteiger partial charge in [0.25, 0.3) is 0 Å². The van der Waals surface area contributed by atoms with Crippen molar-refractivity contribution >= 4 is 24.2 Å². The van der Waals surface area contributed by atoms with Gasteiger partial charge in [-0.25, -0.2) is 0 Å². The number of nitrogens with two attached hydrogens (primary N) is 1. The zero-order valence-electron chi connectivity index (χ0n) is 16.2. The highest BCUT2D eigenvalue weighted by molar-refractivity contribution is 5.89. The van der Waals surface area contributed by atoms with Crippen LogP contribution in [0.3, 0.4) is 0 Å². The minimum absolute atomic E-state index is 0. The number of amides is 2. The Morgan fingerprint density at radius 1 is 1.35 bits per heavy atom. The number of aryl methyl sites for hydroxylation is 1. The van der Waals surface area contributed by atoms with Gasteiger partial charge in [0.1, 0.15) is 0 Å². The summed E-state index contributed by atoms with van der Waals surface area (Å²) in [6, 6.07) is 8.14. The predicted molar refractivity (Wildman–Crippen MR) is 107 cm³/mol. The summed E-state index contributed by atoms with van der Waals surface area (Å²) in [5.74, 6) is 0.125. The highest BCUT2D eigenvalue weighted by Crippen LogP contribution is 2.23. The summed E-state index contributed by atoms with van der Waals surface area (Å²) in [5.41, 5.74) is 7.75. The molecule has 0 bridgehead atoms. The van der Waals surface area contributed by atoms with Gasteiger partial charge in [0.05, 0.1) is 5.92 Å². The molecular weight excluding hydrogens is 350 g/mol. The molecule has 2 amide bonds. The second-order valence-corrected chi connectivity index (χ2v) is 8.01. The molecule has 0 spiro atoms. The number of carbonyl (C=O) groups excluding carboxylic acids is 2. The van der Waals surface area contributed by atoms with Gasteiger partial charge >= 0.3 is 0 Å². The summed E-state index contributed by atoms with van der Waals surface area (Å²) in [4.78, 5) is 26.7. The standard InChI is InChI=1S/C20H31N3O2.ClH/c1-14(2)10-20(4,13-21)22-19(25)17-9-18(24)23(12-17)11-16-7-5-15(3)6-8-16;/h5-8,14,17H,9-13,21H2,1-4H3,(H,22,25);1H. The van der Waals surface area contributed by atoms with Crippen LogP contribution in [0.15, 0.2) is 24.3 Å². The van der Waals surface area contributed by atoms with E-state index < -0.39 is 5.54 Å². The van der Waals surface area contributed by atoms with Gasteiger partial charge in [-0.2, -0.15) is 0 Å². The second kappa shape index (κ2) is 9.38. The number of benzene rings is 1. The Morgan fingerprint density at radius 2 is 1.96 bits per heavy atom. The number of nitrogens with zero attached hydrogens (tertiary/aromatic N) is 1. The zero-order valence-corrected chi connectivity index (χ0v) is 17.1. The first kappa shape index (κ1) is 22.5. The quantitative estimate of drug-likeness (QED) is 0.762. The molecule has 1 aromatic carbocycles. The van der Waals surface area contributed by atoms with Crippen molar-refractivity contribution < 1.29 is 9.59 Å². The molecule has 1 fully saturated rings. The number of hydrogen-bond acceptors (Lipinski definition) is 3. The third-order valence-corrected chi connectivity index (χ3v) is 4.81. The van der Waals surface area contributed by atoms with E-state index in [0.717, 1.165) is 12.0 Å². The molecule has 6 heteroatoms. The number of halogens is 1. The summed E-state index contributed by atoms with van der Waals surface area (Å²) in [5, 5.41) is 3.09. The lowest BCUT2D eigenvalue weighted by Gasteiger charge is -2.32. The Labute approximate surface area is 163 Å². The summed E-state index contributed by atoms with van der Waals surface area (Å²) < 4.78 is 0. The van der Waals surface area contributed by atoms with Crippen molar-refractivity contribution in [2.24, 2.45) is 17.6 Å². The van der Waals surface area contributed by atoms with Crippen LogP contribution in [-0.4, -0.2) is 35.3 Å². The van der Waals surface area contributed by atoms with Crippen molar-refractivity contribution in [3.63, 3.8) is 0 Å². The van der Waals surface area contributed by atoms with E-state index in [1.54, 1.807) is 4.90 Å². The average molecular weight is 382 g/mol. The molecular formula is C20H32ClN3O2. The Balaban J connectivity index is 0.00000338.